The van der Waals surface area contributed by atoms with E-state index in [0.717, 1.165) is 48.0 Å². The zero-order chi connectivity index (χ0) is 28.9. The van der Waals surface area contributed by atoms with Crippen molar-refractivity contribution in [3.05, 3.63) is 44.5 Å². The van der Waals surface area contributed by atoms with Gasteiger partial charge < -0.3 is 19.5 Å². The van der Waals surface area contributed by atoms with E-state index >= 15 is 0 Å². The van der Waals surface area contributed by atoms with Gasteiger partial charge in [-0.05, 0) is 76.4 Å². The van der Waals surface area contributed by atoms with Gasteiger partial charge in [0.1, 0.15) is 6.10 Å². The number of carbonyl (C=O) groups is 3. The van der Waals surface area contributed by atoms with Crippen LogP contribution in [0, 0.1) is 18.8 Å². The Balaban J connectivity index is 1.33. The number of Topliss-reactive ketones (excluding diaryl/α,β-unsaturated/α-hetero) is 2. The van der Waals surface area contributed by atoms with E-state index < -0.39 is 11.9 Å². The maximum absolute atomic E-state index is 13.8. The van der Waals surface area contributed by atoms with Crippen molar-refractivity contribution >= 4 is 29.1 Å². The largest absolute Gasteiger partial charge is 0.448 e. The lowest BCUT2D eigenvalue weighted by atomic mass is 9.76. The van der Waals surface area contributed by atoms with Gasteiger partial charge in [-0.2, -0.15) is 0 Å². The van der Waals surface area contributed by atoms with Crippen molar-refractivity contribution in [3.63, 3.8) is 0 Å². The molecule has 0 radical (unpaired) electrons. The van der Waals surface area contributed by atoms with Gasteiger partial charge in [-0.15, -0.1) is 0 Å². The summed E-state index contributed by atoms with van der Waals surface area (Å²) in [5.41, 5.74) is 4.70. The maximum Gasteiger partial charge on any atom is 0.254 e. The van der Waals surface area contributed by atoms with E-state index in [-0.39, 0.29) is 35.9 Å². The standard InChI is InChI=1S/C32H40ClNO6/c1-6-24(35)26(37)15-20-7-9-21(10-8-20)32(5)39-29-19(4)27-22(28(33)30(29)40-32)11-12-34(31(27)38)16-23-18(3)13-17(2)14-25(23)36/h13,20-21,24,35H,6-12,14-16H2,1-5H3/t20?,21?,24-,32?/m0/s1. The lowest BCUT2D eigenvalue weighted by Gasteiger charge is -2.37. The molecule has 7 nitrogen and oxygen atoms in total. The Morgan fingerprint density at radius 2 is 1.82 bits per heavy atom. The second-order valence-electron chi connectivity index (χ2n) is 12.2. The number of aliphatic hydroxyl groups excluding tert-OH is 1. The van der Waals surface area contributed by atoms with Crippen molar-refractivity contribution in [2.45, 2.75) is 97.9 Å². The number of aliphatic hydroxyl groups is 1. The summed E-state index contributed by atoms with van der Waals surface area (Å²) in [6, 6.07) is 0. The molecule has 0 aromatic heterocycles. The zero-order valence-corrected chi connectivity index (χ0v) is 25.0. The Morgan fingerprint density at radius 3 is 2.48 bits per heavy atom. The van der Waals surface area contributed by atoms with E-state index in [9.17, 15) is 19.5 Å². The summed E-state index contributed by atoms with van der Waals surface area (Å²) < 4.78 is 13.0. The highest BCUT2D eigenvalue weighted by Gasteiger charge is 2.48. The smallest absolute Gasteiger partial charge is 0.254 e. The highest BCUT2D eigenvalue weighted by Crippen LogP contribution is 2.54. The number of amides is 1. The summed E-state index contributed by atoms with van der Waals surface area (Å²) >= 11 is 6.89. The van der Waals surface area contributed by atoms with E-state index in [1.54, 1.807) is 4.90 Å². The summed E-state index contributed by atoms with van der Waals surface area (Å²) in [6.07, 6.45) is 6.39. The van der Waals surface area contributed by atoms with Crippen LogP contribution in [0.2, 0.25) is 5.02 Å². The number of benzene rings is 1. The van der Waals surface area contributed by atoms with Gasteiger partial charge in [0.25, 0.3) is 11.7 Å². The molecule has 2 aliphatic carbocycles. The minimum atomic E-state index is -0.915. The third-order valence-corrected chi connectivity index (χ3v) is 9.73. The normalized spacial score (nSPS) is 27.1. The van der Waals surface area contributed by atoms with E-state index in [1.807, 2.05) is 40.7 Å². The highest BCUT2D eigenvalue weighted by atomic mass is 35.5. The van der Waals surface area contributed by atoms with Gasteiger partial charge in [-0.1, -0.05) is 30.2 Å². The summed E-state index contributed by atoms with van der Waals surface area (Å²) in [6.45, 7) is 10.3. The molecule has 1 fully saturated rings. The van der Waals surface area contributed by atoms with Crippen LogP contribution in [0.15, 0.2) is 22.8 Å². The first-order valence-corrected chi connectivity index (χ1v) is 14.9. The fourth-order valence-electron chi connectivity index (χ4n) is 6.88. The molecule has 40 heavy (non-hydrogen) atoms. The highest BCUT2D eigenvalue weighted by molar-refractivity contribution is 6.34. The Bertz CT molecular complexity index is 1320. The number of carbonyl (C=O) groups excluding carboxylic acids is 3. The molecule has 1 unspecified atom stereocenters. The molecule has 1 aromatic rings. The van der Waals surface area contributed by atoms with Gasteiger partial charge in [0, 0.05) is 49.9 Å². The maximum atomic E-state index is 13.8. The molecule has 1 amide bonds. The molecule has 1 aromatic carbocycles. The number of fused-ring (bicyclic) bond motifs is 2. The van der Waals surface area contributed by atoms with Crippen molar-refractivity contribution in [2.24, 2.45) is 11.8 Å². The summed E-state index contributed by atoms with van der Waals surface area (Å²) in [4.78, 5) is 40.5. The molecule has 2 aliphatic heterocycles. The van der Waals surface area contributed by atoms with E-state index in [1.165, 1.54) is 0 Å². The van der Waals surface area contributed by atoms with Crippen LogP contribution in [0.25, 0.3) is 0 Å². The van der Waals surface area contributed by atoms with Crippen molar-refractivity contribution in [1.82, 2.24) is 4.90 Å². The third-order valence-electron chi connectivity index (χ3n) is 9.33. The molecule has 4 aliphatic rings. The summed E-state index contributed by atoms with van der Waals surface area (Å²) in [5, 5.41) is 10.3. The second-order valence-corrected chi connectivity index (χ2v) is 12.6. The van der Waals surface area contributed by atoms with E-state index in [4.69, 9.17) is 21.1 Å². The molecule has 0 spiro atoms. The molecule has 0 saturated heterocycles. The van der Waals surface area contributed by atoms with E-state index in [2.05, 4.69) is 0 Å². The fourth-order valence-corrected chi connectivity index (χ4v) is 7.19. The molecule has 216 valence electrons. The number of hydrogen-bond donors (Lipinski definition) is 1. The van der Waals surface area contributed by atoms with Crippen LogP contribution in [0.4, 0.5) is 0 Å². The molecule has 0 bridgehead atoms. The van der Waals surface area contributed by atoms with Crippen molar-refractivity contribution in [1.29, 1.82) is 0 Å². The first-order chi connectivity index (χ1) is 18.9. The van der Waals surface area contributed by atoms with Gasteiger partial charge >= 0.3 is 0 Å². The number of allylic oxidation sites excluding steroid dienone is 3. The Hall–Kier alpha value is -2.64. The first-order valence-electron chi connectivity index (χ1n) is 14.6. The average molecular weight is 570 g/mol. The van der Waals surface area contributed by atoms with Crippen molar-refractivity contribution in [3.8, 4) is 11.5 Å². The Morgan fingerprint density at radius 1 is 1.15 bits per heavy atom. The number of nitrogens with zero attached hydrogens (tertiary/aromatic N) is 1. The zero-order valence-electron chi connectivity index (χ0n) is 24.2. The van der Waals surface area contributed by atoms with Gasteiger partial charge in [0.05, 0.1) is 10.6 Å². The van der Waals surface area contributed by atoms with Crippen LogP contribution in [0.1, 0.15) is 94.1 Å². The molecule has 1 saturated carbocycles. The first kappa shape index (κ1) is 28.9. The molecule has 5 rings (SSSR count). The van der Waals surface area contributed by atoms with Crippen LogP contribution < -0.4 is 9.47 Å². The van der Waals surface area contributed by atoms with Gasteiger partial charge in [-0.25, -0.2) is 0 Å². The van der Waals surface area contributed by atoms with Crippen molar-refractivity contribution < 1.29 is 29.0 Å². The lowest BCUT2D eigenvalue weighted by molar-refractivity contribution is -0.131. The second kappa shape index (κ2) is 11.0. The third kappa shape index (κ3) is 5.11. The number of hydrogen-bond acceptors (Lipinski definition) is 6. The minimum absolute atomic E-state index is 0.0736. The minimum Gasteiger partial charge on any atom is -0.448 e. The van der Waals surface area contributed by atoms with Crippen LogP contribution in [-0.2, 0) is 16.0 Å². The van der Waals surface area contributed by atoms with Crippen LogP contribution in [0.5, 0.6) is 11.5 Å². The number of ether oxygens (including phenoxy) is 2. The Kier molecular flexibility index (Phi) is 7.92. The summed E-state index contributed by atoms with van der Waals surface area (Å²) in [7, 11) is 0. The quantitative estimate of drug-likeness (QED) is 0.439. The van der Waals surface area contributed by atoms with Crippen LogP contribution in [0.3, 0.4) is 0 Å². The fraction of sp³-hybridized carbons (Fsp3) is 0.594. The van der Waals surface area contributed by atoms with Crippen molar-refractivity contribution in [2.75, 3.05) is 13.1 Å². The number of ketones is 2. The lowest BCUT2D eigenvalue weighted by Crippen LogP contribution is -2.45. The van der Waals surface area contributed by atoms with Crippen LogP contribution >= 0.6 is 11.6 Å². The summed E-state index contributed by atoms with van der Waals surface area (Å²) in [5.74, 6) is 0.336. The van der Waals surface area contributed by atoms with Gasteiger partial charge in [0.15, 0.2) is 23.1 Å². The van der Waals surface area contributed by atoms with Gasteiger partial charge in [-0.3, -0.25) is 14.4 Å². The predicted octanol–water partition coefficient (Wildman–Crippen LogP) is 5.91. The molecular formula is C32H40ClNO6. The molecule has 1 N–H and O–H groups in total. The molecular weight excluding hydrogens is 530 g/mol. The predicted molar refractivity (Wildman–Crippen MR) is 153 cm³/mol. The average Bonchev–Trinajstić information content (AvgIpc) is 3.29. The number of halogens is 1. The van der Waals surface area contributed by atoms with Gasteiger partial charge in [0.2, 0.25) is 0 Å². The molecule has 2 heterocycles. The molecule has 2 atom stereocenters. The SMILES string of the molecule is CC[C@H](O)C(=O)CC1CCC(C2(C)Oc3c(C)c4c(c(Cl)c3O2)CCN(CC2=C(C)C=C(C)CC2=O)C4=O)CC1. The topological polar surface area (TPSA) is 93.1 Å². The van der Waals surface area contributed by atoms with Crippen LogP contribution in [-0.4, -0.2) is 52.5 Å². The molecule has 8 heteroatoms. The number of rotatable bonds is 7. The monoisotopic (exact) mass is 569 g/mol. The van der Waals surface area contributed by atoms with E-state index in [0.29, 0.717) is 59.9 Å². The Labute approximate surface area is 241 Å².